The number of carbonyl (C=O) groups is 2. The number of methoxy groups -OCH3 is 1. The van der Waals surface area contributed by atoms with Gasteiger partial charge in [-0.3, -0.25) is 9.59 Å². The van der Waals surface area contributed by atoms with Crippen molar-refractivity contribution < 1.29 is 45.4 Å². The Bertz CT molecular complexity index is 1090. The maximum Gasteiger partial charge on any atom is 0.416 e. The molecule has 1 unspecified atom stereocenters. The number of halogens is 6. The van der Waals surface area contributed by atoms with Gasteiger partial charge >= 0.3 is 12.4 Å². The van der Waals surface area contributed by atoms with E-state index in [1.807, 2.05) is 0 Å². The van der Waals surface area contributed by atoms with Crippen LogP contribution in [0, 0.1) is 0 Å². The molecule has 1 saturated heterocycles. The molecule has 0 saturated carbocycles. The second-order valence-electron chi connectivity index (χ2n) is 8.02. The first-order valence-corrected chi connectivity index (χ1v) is 9.80. The topological polar surface area (TPSA) is 55.8 Å². The van der Waals surface area contributed by atoms with Crippen LogP contribution in [-0.2, 0) is 12.4 Å². The van der Waals surface area contributed by atoms with Crippen LogP contribution in [0.15, 0.2) is 36.4 Å². The SMILES string of the molecule is COc1ccc2c(c1)C(=O)CC1(CCN(C(=O)c3cc(C(F)(F)F)cc(C(F)(F)F)c3)C1)O2. The van der Waals surface area contributed by atoms with Crippen molar-refractivity contribution in [2.24, 2.45) is 0 Å². The number of ketones is 1. The Morgan fingerprint density at radius 3 is 2.24 bits per heavy atom. The molecule has 1 fully saturated rings. The zero-order valence-electron chi connectivity index (χ0n) is 17.1. The van der Waals surface area contributed by atoms with E-state index in [1.165, 1.54) is 13.2 Å². The largest absolute Gasteiger partial charge is 0.497 e. The van der Waals surface area contributed by atoms with E-state index in [-0.39, 0.29) is 43.5 Å². The van der Waals surface area contributed by atoms with Crippen LogP contribution in [0.5, 0.6) is 11.5 Å². The van der Waals surface area contributed by atoms with Gasteiger partial charge in [0.15, 0.2) is 5.78 Å². The molecule has 2 aromatic rings. The minimum atomic E-state index is -5.06. The Kier molecular flexibility index (Phi) is 5.33. The summed E-state index contributed by atoms with van der Waals surface area (Å²) in [5, 5.41) is 0. The van der Waals surface area contributed by atoms with E-state index in [4.69, 9.17) is 9.47 Å². The Labute approximate surface area is 183 Å². The predicted octanol–water partition coefficient (Wildman–Crippen LogP) is 4.98. The van der Waals surface area contributed by atoms with Gasteiger partial charge in [-0.25, -0.2) is 0 Å². The molecule has 2 heterocycles. The molecule has 1 atom stereocenters. The number of Topliss-reactive ketones (excluding diaryl/α,β-unsaturated/α-hetero) is 1. The van der Waals surface area contributed by atoms with Crippen LogP contribution in [0.1, 0.15) is 44.7 Å². The first kappa shape index (κ1) is 22.9. The van der Waals surface area contributed by atoms with Crippen molar-refractivity contribution in [3.05, 3.63) is 58.7 Å². The van der Waals surface area contributed by atoms with Crippen LogP contribution in [0.3, 0.4) is 0 Å². The average Bonchev–Trinajstić information content (AvgIpc) is 3.14. The van der Waals surface area contributed by atoms with E-state index < -0.39 is 40.6 Å². The van der Waals surface area contributed by atoms with Crippen molar-refractivity contribution in [3.8, 4) is 11.5 Å². The number of benzene rings is 2. The van der Waals surface area contributed by atoms with Gasteiger partial charge in [0.2, 0.25) is 0 Å². The molecule has 0 aliphatic carbocycles. The van der Waals surface area contributed by atoms with E-state index >= 15 is 0 Å². The van der Waals surface area contributed by atoms with Crippen molar-refractivity contribution >= 4 is 11.7 Å². The Morgan fingerprint density at radius 2 is 1.67 bits per heavy atom. The van der Waals surface area contributed by atoms with Crippen LogP contribution in [0.25, 0.3) is 0 Å². The molecule has 0 bridgehead atoms. The van der Waals surface area contributed by atoms with Gasteiger partial charge in [-0.15, -0.1) is 0 Å². The zero-order chi connectivity index (χ0) is 24.2. The maximum atomic E-state index is 13.1. The van der Waals surface area contributed by atoms with Crippen LogP contribution >= 0.6 is 0 Å². The number of fused-ring (bicyclic) bond motifs is 1. The summed E-state index contributed by atoms with van der Waals surface area (Å²) in [6.07, 6.45) is -10.0. The van der Waals surface area contributed by atoms with Gasteiger partial charge in [0.1, 0.15) is 17.1 Å². The Balaban J connectivity index is 1.61. The lowest BCUT2D eigenvalue weighted by Crippen LogP contribution is -2.45. The van der Waals surface area contributed by atoms with Gasteiger partial charge in [0, 0.05) is 18.5 Å². The third-order valence-corrected chi connectivity index (χ3v) is 5.73. The number of alkyl halides is 6. The molecule has 1 spiro atoms. The van der Waals surface area contributed by atoms with Gasteiger partial charge < -0.3 is 14.4 Å². The molecule has 0 aromatic heterocycles. The number of carbonyl (C=O) groups excluding carboxylic acids is 2. The summed E-state index contributed by atoms with van der Waals surface area (Å²) in [6.45, 7) is -0.143. The summed E-state index contributed by atoms with van der Waals surface area (Å²) in [5.41, 5.74) is -4.68. The molecule has 2 aliphatic heterocycles. The second-order valence-corrected chi connectivity index (χ2v) is 8.02. The van der Waals surface area contributed by atoms with Crippen molar-refractivity contribution in [3.63, 3.8) is 0 Å². The lowest BCUT2D eigenvalue weighted by molar-refractivity contribution is -0.143. The molecular formula is C22H17F6NO4. The fourth-order valence-corrected chi connectivity index (χ4v) is 4.11. The third kappa shape index (κ3) is 4.36. The van der Waals surface area contributed by atoms with Crippen LogP contribution in [0.4, 0.5) is 26.3 Å². The minimum absolute atomic E-state index is 0.00913. The summed E-state index contributed by atoms with van der Waals surface area (Å²) < 4.78 is 89.9. The van der Waals surface area contributed by atoms with Crippen molar-refractivity contribution in [2.45, 2.75) is 30.8 Å². The molecule has 1 amide bonds. The summed E-state index contributed by atoms with van der Waals surface area (Å²) in [4.78, 5) is 26.7. The first-order valence-electron chi connectivity index (χ1n) is 9.80. The molecule has 11 heteroatoms. The van der Waals surface area contributed by atoms with Crippen molar-refractivity contribution in [1.29, 1.82) is 0 Å². The maximum absolute atomic E-state index is 13.1. The number of nitrogens with zero attached hydrogens (tertiary/aromatic N) is 1. The highest BCUT2D eigenvalue weighted by Gasteiger charge is 2.47. The lowest BCUT2D eigenvalue weighted by atomic mass is 9.89. The number of likely N-dealkylation sites (tertiary alicyclic amines) is 1. The third-order valence-electron chi connectivity index (χ3n) is 5.73. The molecule has 0 radical (unpaired) electrons. The van der Waals surface area contributed by atoms with Crippen LogP contribution < -0.4 is 9.47 Å². The molecule has 5 nitrogen and oxygen atoms in total. The molecule has 0 N–H and O–H groups in total. The quantitative estimate of drug-likeness (QED) is 0.578. The summed E-state index contributed by atoms with van der Waals surface area (Å²) in [5.74, 6) is -0.530. The van der Waals surface area contributed by atoms with Gasteiger partial charge in [0.05, 0.1) is 36.8 Å². The summed E-state index contributed by atoms with van der Waals surface area (Å²) in [6, 6.07) is 5.41. The zero-order valence-corrected chi connectivity index (χ0v) is 17.1. The fraction of sp³-hybridized carbons (Fsp3) is 0.364. The van der Waals surface area contributed by atoms with Crippen LogP contribution in [-0.4, -0.2) is 42.4 Å². The lowest BCUT2D eigenvalue weighted by Gasteiger charge is -2.34. The molecule has 33 heavy (non-hydrogen) atoms. The van der Waals surface area contributed by atoms with E-state index in [0.29, 0.717) is 23.4 Å². The summed E-state index contributed by atoms with van der Waals surface area (Å²) in [7, 11) is 1.44. The number of ether oxygens (including phenoxy) is 2. The van der Waals surface area contributed by atoms with E-state index in [1.54, 1.807) is 12.1 Å². The first-order chi connectivity index (χ1) is 15.3. The monoisotopic (exact) mass is 473 g/mol. The smallest absolute Gasteiger partial charge is 0.416 e. The normalized spacial score (nSPS) is 20.6. The Morgan fingerprint density at radius 1 is 1.03 bits per heavy atom. The second kappa shape index (κ2) is 7.67. The number of amides is 1. The van der Waals surface area contributed by atoms with Gasteiger partial charge in [-0.05, 0) is 36.4 Å². The molecule has 4 rings (SSSR count). The fourth-order valence-electron chi connectivity index (χ4n) is 4.11. The highest BCUT2D eigenvalue weighted by molar-refractivity contribution is 6.01. The van der Waals surface area contributed by atoms with E-state index in [2.05, 4.69) is 0 Å². The minimum Gasteiger partial charge on any atom is -0.497 e. The number of hydrogen-bond acceptors (Lipinski definition) is 4. The standard InChI is InChI=1S/C22H17F6NO4/c1-32-15-2-3-18-16(9-15)17(30)10-20(33-18)4-5-29(11-20)19(31)12-6-13(21(23,24)25)8-14(7-12)22(26,27)28/h2-3,6-9H,4-5,10-11H2,1H3. The average molecular weight is 473 g/mol. The predicted molar refractivity (Wildman–Crippen MR) is 102 cm³/mol. The highest BCUT2D eigenvalue weighted by Crippen LogP contribution is 2.41. The summed E-state index contributed by atoms with van der Waals surface area (Å²) >= 11 is 0. The molecular weight excluding hydrogens is 456 g/mol. The molecule has 2 aliphatic rings. The molecule has 2 aromatic carbocycles. The van der Waals surface area contributed by atoms with E-state index in [9.17, 15) is 35.9 Å². The van der Waals surface area contributed by atoms with Gasteiger partial charge in [-0.2, -0.15) is 26.3 Å². The van der Waals surface area contributed by atoms with Crippen molar-refractivity contribution in [1.82, 2.24) is 4.90 Å². The van der Waals surface area contributed by atoms with Crippen LogP contribution in [0.2, 0.25) is 0 Å². The number of hydrogen-bond donors (Lipinski definition) is 0. The number of rotatable bonds is 2. The van der Waals surface area contributed by atoms with Gasteiger partial charge in [0.25, 0.3) is 5.91 Å². The van der Waals surface area contributed by atoms with Gasteiger partial charge in [-0.1, -0.05) is 0 Å². The molecule has 176 valence electrons. The Hall–Kier alpha value is -3.24. The van der Waals surface area contributed by atoms with Crippen molar-refractivity contribution in [2.75, 3.05) is 20.2 Å². The van der Waals surface area contributed by atoms with E-state index in [0.717, 1.165) is 4.90 Å². The highest BCUT2D eigenvalue weighted by atomic mass is 19.4.